The summed E-state index contributed by atoms with van der Waals surface area (Å²) in [5.41, 5.74) is -0.00889. The predicted molar refractivity (Wildman–Crippen MR) is 177 cm³/mol. The molecular weight excluding hydrogens is 604 g/mol. The molecule has 1 N–H and O–H groups in total. The van der Waals surface area contributed by atoms with Crippen LogP contribution in [0.3, 0.4) is 0 Å². The maximum Gasteiger partial charge on any atom is 0.270 e. The number of hydrogen-bond donors (Lipinski definition) is 1. The lowest BCUT2D eigenvalue weighted by atomic mass is 9.87. The van der Waals surface area contributed by atoms with E-state index in [9.17, 15) is 14.4 Å². The van der Waals surface area contributed by atoms with Crippen LogP contribution in [-0.2, 0) is 33.3 Å². The molecule has 4 aliphatic rings. The molecule has 1 saturated carbocycles. The van der Waals surface area contributed by atoms with Gasteiger partial charge in [-0.1, -0.05) is 0 Å². The molecule has 5 rings (SSSR count). The Balaban J connectivity index is 1.38. The summed E-state index contributed by atoms with van der Waals surface area (Å²) < 4.78 is 29.0. The Morgan fingerprint density at radius 1 is 1.13 bits per heavy atom. The molecule has 0 spiro atoms. The maximum atomic E-state index is 14.6. The van der Waals surface area contributed by atoms with Gasteiger partial charge in [0.1, 0.15) is 5.75 Å². The molecule has 3 fully saturated rings. The normalized spacial score (nSPS) is 25.7. The summed E-state index contributed by atoms with van der Waals surface area (Å²) in [7, 11) is 1.64. The zero-order chi connectivity index (χ0) is 34.1. The van der Waals surface area contributed by atoms with Crippen LogP contribution in [0.4, 0.5) is 11.4 Å². The van der Waals surface area contributed by atoms with E-state index in [2.05, 4.69) is 10.2 Å². The number of nitrogens with zero attached hydrogens (tertiary/aromatic N) is 3. The molecule has 47 heavy (non-hydrogen) atoms. The number of rotatable bonds is 14. The van der Waals surface area contributed by atoms with E-state index in [1.54, 1.807) is 25.9 Å². The number of methoxy groups -OCH3 is 1. The van der Waals surface area contributed by atoms with Crippen molar-refractivity contribution >= 4 is 29.1 Å². The van der Waals surface area contributed by atoms with E-state index in [0.717, 1.165) is 18.5 Å². The average Bonchev–Trinajstić information content (AvgIpc) is 3.94. The first-order chi connectivity index (χ1) is 22.2. The SMILES string of the molecule is COCCCN1C(=O)C(C)(C)Oc2ccc(N(C(=O)[C@@H]3C[C@H](C(=O)NCCOC(C)C)CN(C4OC4OC(C)(C)C)C3)C3CC3)cc21. The van der Waals surface area contributed by atoms with Gasteiger partial charge in [-0.3, -0.25) is 19.3 Å². The molecule has 4 atom stereocenters. The van der Waals surface area contributed by atoms with E-state index < -0.39 is 23.7 Å². The fourth-order valence-electron chi connectivity index (χ4n) is 6.45. The van der Waals surface area contributed by atoms with Gasteiger partial charge < -0.3 is 38.8 Å². The van der Waals surface area contributed by atoms with Crippen molar-refractivity contribution in [2.24, 2.45) is 11.8 Å². The number of carbonyl (C=O) groups is 3. The summed E-state index contributed by atoms with van der Waals surface area (Å²) in [4.78, 5) is 47.2. The molecule has 0 bridgehead atoms. The van der Waals surface area contributed by atoms with Crippen LogP contribution in [0.1, 0.15) is 74.1 Å². The van der Waals surface area contributed by atoms with Gasteiger partial charge in [-0.05, 0) is 92.3 Å². The lowest BCUT2D eigenvalue weighted by molar-refractivity contribution is -0.133. The third kappa shape index (κ3) is 8.83. The Morgan fingerprint density at radius 2 is 1.85 bits per heavy atom. The van der Waals surface area contributed by atoms with Crippen molar-refractivity contribution in [3.05, 3.63) is 18.2 Å². The number of benzene rings is 1. The van der Waals surface area contributed by atoms with Gasteiger partial charge in [0.05, 0.1) is 35.8 Å². The maximum absolute atomic E-state index is 14.6. The highest BCUT2D eigenvalue weighted by Crippen LogP contribution is 2.44. The van der Waals surface area contributed by atoms with Gasteiger partial charge in [0.15, 0.2) is 18.1 Å². The number of piperidine rings is 1. The summed E-state index contributed by atoms with van der Waals surface area (Å²) in [6.45, 7) is 16.2. The summed E-state index contributed by atoms with van der Waals surface area (Å²) >= 11 is 0. The monoisotopic (exact) mass is 658 g/mol. The number of likely N-dealkylation sites (tertiary alicyclic amines) is 1. The Labute approximate surface area is 279 Å². The molecule has 1 aliphatic carbocycles. The number of carbonyl (C=O) groups excluding carboxylic acids is 3. The van der Waals surface area contributed by atoms with Crippen molar-refractivity contribution < 1.29 is 38.1 Å². The second-order valence-electron chi connectivity index (χ2n) is 14.9. The van der Waals surface area contributed by atoms with Crippen molar-refractivity contribution in [3.8, 4) is 5.75 Å². The minimum atomic E-state index is -1.00. The number of epoxide rings is 1. The molecule has 3 aliphatic heterocycles. The van der Waals surface area contributed by atoms with Gasteiger partial charge >= 0.3 is 0 Å². The van der Waals surface area contributed by atoms with Gasteiger partial charge in [0.2, 0.25) is 11.8 Å². The van der Waals surface area contributed by atoms with Crippen molar-refractivity contribution in [3.63, 3.8) is 0 Å². The fraction of sp³-hybridized carbons (Fsp3) is 0.743. The van der Waals surface area contributed by atoms with Crippen LogP contribution in [0.25, 0.3) is 0 Å². The average molecular weight is 659 g/mol. The molecule has 12 heteroatoms. The van der Waals surface area contributed by atoms with Crippen LogP contribution in [0.15, 0.2) is 18.2 Å². The molecule has 3 heterocycles. The first-order valence-electron chi connectivity index (χ1n) is 17.1. The van der Waals surface area contributed by atoms with Gasteiger partial charge in [0.25, 0.3) is 5.91 Å². The first kappa shape index (κ1) is 35.5. The summed E-state index contributed by atoms with van der Waals surface area (Å²) in [6, 6.07) is 5.73. The number of ether oxygens (including phenoxy) is 5. The predicted octanol–water partition coefficient (Wildman–Crippen LogP) is 3.70. The largest absolute Gasteiger partial charge is 0.476 e. The third-order valence-corrected chi connectivity index (χ3v) is 8.83. The smallest absolute Gasteiger partial charge is 0.270 e. The van der Waals surface area contributed by atoms with E-state index in [1.807, 2.05) is 57.7 Å². The Kier molecular flexibility index (Phi) is 10.9. The standard InChI is InChI=1S/C35H54N4O8/c1-22(2)44-17-14-36-29(40)23-18-24(21-37(20-23)31-32(45-31)47-34(3,4)5)30(41)39(25-10-11-25)26-12-13-28-27(19-26)38(15-9-16-43-8)33(42)35(6,7)46-28/h12-13,19,22-25,31-32H,9-11,14-18,20-21H2,1-8H3,(H,36,40)/t23-,24+,31?,32?/m0/s1. The van der Waals surface area contributed by atoms with Gasteiger partial charge in [-0.15, -0.1) is 0 Å². The van der Waals surface area contributed by atoms with Gasteiger partial charge in [-0.2, -0.15) is 0 Å². The molecular formula is C35H54N4O8. The van der Waals surface area contributed by atoms with Crippen molar-refractivity contribution in [1.29, 1.82) is 0 Å². The summed E-state index contributed by atoms with van der Waals surface area (Å²) in [6.07, 6.45) is 2.25. The van der Waals surface area contributed by atoms with Crippen LogP contribution in [-0.4, -0.2) is 105 Å². The highest BCUT2D eigenvalue weighted by molar-refractivity contribution is 6.04. The topological polar surface area (TPSA) is 122 Å². The zero-order valence-corrected chi connectivity index (χ0v) is 29.4. The second-order valence-corrected chi connectivity index (χ2v) is 14.9. The summed E-state index contributed by atoms with van der Waals surface area (Å²) in [5.74, 6) is -0.472. The van der Waals surface area contributed by atoms with Crippen molar-refractivity contribution in [2.75, 3.05) is 56.3 Å². The van der Waals surface area contributed by atoms with E-state index in [4.69, 9.17) is 23.7 Å². The van der Waals surface area contributed by atoms with Crippen LogP contribution in [0, 0.1) is 11.8 Å². The quantitative estimate of drug-likeness (QED) is 0.236. The molecule has 2 saturated heterocycles. The molecule has 262 valence electrons. The zero-order valence-electron chi connectivity index (χ0n) is 29.4. The molecule has 2 unspecified atom stereocenters. The van der Waals surface area contributed by atoms with E-state index in [0.29, 0.717) is 63.7 Å². The van der Waals surface area contributed by atoms with Crippen LogP contribution in [0.5, 0.6) is 5.75 Å². The Hall–Kier alpha value is -2.77. The molecule has 12 nitrogen and oxygen atoms in total. The molecule has 1 aromatic carbocycles. The number of nitrogens with one attached hydrogen (secondary N) is 1. The van der Waals surface area contributed by atoms with E-state index in [-0.39, 0.29) is 41.7 Å². The van der Waals surface area contributed by atoms with Gasteiger partial charge in [0, 0.05) is 51.6 Å². The number of hydrogen-bond acceptors (Lipinski definition) is 9. The van der Waals surface area contributed by atoms with Crippen molar-refractivity contribution in [2.45, 2.75) is 110 Å². The first-order valence-corrected chi connectivity index (χ1v) is 17.1. The Bertz CT molecular complexity index is 1290. The third-order valence-electron chi connectivity index (χ3n) is 8.83. The van der Waals surface area contributed by atoms with E-state index >= 15 is 0 Å². The van der Waals surface area contributed by atoms with Crippen LogP contribution in [0.2, 0.25) is 0 Å². The molecule has 0 radical (unpaired) electrons. The van der Waals surface area contributed by atoms with Crippen molar-refractivity contribution in [1.82, 2.24) is 10.2 Å². The highest BCUT2D eigenvalue weighted by atomic mass is 16.8. The number of anilines is 2. The van der Waals surface area contributed by atoms with E-state index in [1.165, 1.54) is 0 Å². The number of fused-ring (bicyclic) bond motifs is 1. The molecule has 1 aromatic rings. The lowest BCUT2D eigenvalue weighted by Gasteiger charge is -2.40. The minimum Gasteiger partial charge on any atom is -0.476 e. The molecule has 0 aromatic heterocycles. The summed E-state index contributed by atoms with van der Waals surface area (Å²) in [5, 5.41) is 3.02. The molecule has 3 amide bonds. The Morgan fingerprint density at radius 3 is 2.51 bits per heavy atom. The lowest BCUT2D eigenvalue weighted by Crippen LogP contribution is -2.53. The fourth-order valence-corrected chi connectivity index (χ4v) is 6.45. The second kappa shape index (κ2) is 14.4. The highest BCUT2D eigenvalue weighted by Gasteiger charge is 2.51. The number of amides is 3. The van der Waals surface area contributed by atoms with Crippen LogP contribution < -0.4 is 19.9 Å². The van der Waals surface area contributed by atoms with Gasteiger partial charge in [-0.25, -0.2) is 0 Å². The minimum absolute atomic E-state index is 0.0265. The van der Waals surface area contributed by atoms with Crippen LogP contribution >= 0.6 is 0 Å².